The normalized spacial score (nSPS) is 14.6. The molecule has 4 heteroatoms. The summed E-state index contributed by atoms with van der Waals surface area (Å²) in [4.78, 5) is 10.6. The Balaban J connectivity index is 4.49. The molecule has 1 atom stereocenters. The first-order valence-electron chi connectivity index (χ1n) is 4.74. The molecule has 0 aromatic heterocycles. The zero-order valence-electron chi connectivity index (χ0n) is 9.63. The highest BCUT2D eigenvalue weighted by atomic mass is 28.4. The first kappa shape index (κ1) is 13.3. The number of nitrogens with zero attached hydrogens (tertiary/aromatic N) is 1. The van der Waals surface area contributed by atoms with Gasteiger partial charge in [-0.05, 0) is 18.1 Å². The maximum absolute atomic E-state index is 10.6. The van der Waals surface area contributed by atoms with Crippen LogP contribution >= 0.6 is 0 Å². The van der Waals surface area contributed by atoms with Gasteiger partial charge in [-0.1, -0.05) is 20.8 Å². The van der Waals surface area contributed by atoms with E-state index in [0.29, 0.717) is 0 Å². The number of nitriles is 1. The first-order valence-corrected chi connectivity index (χ1v) is 7.65. The van der Waals surface area contributed by atoms with Crippen molar-refractivity contribution in [3.05, 3.63) is 0 Å². The van der Waals surface area contributed by atoms with Crippen molar-refractivity contribution in [1.82, 2.24) is 0 Å². The summed E-state index contributed by atoms with van der Waals surface area (Å²) in [5.74, 6) is 0. The van der Waals surface area contributed by atoms with Crippen molar-refractivity contribution in [2.24, 2.45) is 0 Å². The van der Waals surface area contributed by atoms with E-state index in [2.05, 4.69) is 33.9 Å². The largest absolute Gasteiger partial charge is 0.406 e. The van der Waals surface area contributed by atoms with Crippen LogP contribution in [0.25, 0.3) is 0 Å². The molecule has 0 saturated heterocycles. The molecule has 80 valence electrons. The molecular formula is C10H19NO2Si. The van der Waals surface area contributed by atoms with Crippen molar-refractivity contribution in [3.8, 4) is 6.07 Å². The molecular weight excluding hydrogens is 194 g/mol. The lowest BCUT2D eigenvalue weighted by atomic mass is 10.2. The van der Waals surface area contributed by atoms with Gasteiger partial charge >= 0.3 is 0 Å². The van der Waals surface area contributed by atoms with E-state index in [1.54, 1.807) is 0 Å². The summed E-state index contributed by atoms with van der Waals surface area (Å²) < 4.78 is 5.74. The van der Waals surface area contributed by atoms with Crippen LogP contribution in [-0.4, -0.2) is 20.7 Å². The van der Waals surface area contributed by atoms with E-state index in [0.717, 1.165) is 6.29 Å². The van der Waals surface area contributed by atoms with Crippen LogP contribution in [-0.2, 0) is 9.22 Å². The summed E-state index contributed by atoms with van der Waals surface area (Å²) in [6.45, 7) is 10.5. The summed E-state index contributed by atoms with van der Waals surface area (Å²) in [5.41, 5.74) is 0. The van der Waals surface area contributed by atoms with Crippen LogP contribution in [0.1, 0.15) is 27.2 Å². The number of carbonyl (C=O) groups excluding carboxylic acids is 1. The smallest absolute Gasteiger partial charge is 0.193 e. The second kappa shape index (κ2) is 4.72. The second-order valence-electron chi connectivity index (χ2n) is 4.91. The molecule has 0 aliphatic heterocycles. The van der Waals surface area contributed by atoms with Gasteiger partial charge in [0.15, 0.2) is 8.32 Å². The van der Waals surface area contributed by atoms with Gasteiger partial charge in [-0.25, -0.2) is 0 Å². The van der Waals surface area contributed by atoms with Gasteiger partial charge in [0.2, 0.25) is 0 Å². The molecule has 0 rings (SSSR count). The van der Waals surface area contributed by atoms with E-state index in [-0.39, 0.29) is 11.5 Å². The van der Waals surface area contributed by atoms with Crippen molar-refractivity contribution < 1.29 is 9.22 Å². The van der Waals surface area contributed by atoms with E-state index in [1.807, 2.05) is 6.07 Å². The van der Waals surface area contributed by atoms with Crippen LogP contribution in [0.5, 0.6) is 0 Å². The minimum Gasteiger partial charge on any atom is -0.406 e. The van der Waals surface area contributed by atoms with Crippen molar-refractivity contribution >= 4 is 14.6 Å². The van der Waals surface area contributed by atoms with Crippen LogP contribution in [0.2, 0.25) is 18.1 Å². The van der Waals surface area contributed by atoms with E-state index in [9.17, 15) is 4.79 Å². The van der Waals surface area contributed by atoms with E-state index < -0.39 is 14.4 Å². The zero-order chi connectivity index (χ0) is 11.4. The van der Waals surface area contributed by atoms with E-state index in [1.165, 1.54) is 0 Å². The number of hydrogen-bond acceptors (Lipinski definition) is 3. The Morgan fingerprint density at radius 3 is 2.29 bits per heavy atom. The summed E-state index contributed by atoms with van der Waals surface area (Å²) in [7, 11) is -1.91. The van der Waals surface area contributed by atoms with Gasteiger partial charge in [0, 0.05) is 0 Å². The molecule has 0 fully saturated rings. The maximum atomic E-state index is 10.6. The molecule has 0 aliphatic carbocycles. The highest BCUT2D eigenvalue weighted by Gasteiger charge is 2.39. The fourth-order valence-electron chi connectivity index (χ4n) is 0.763. The fourth-order valence-corrected chi connectivity index (χ4v) is 2.01. The molecule has 0 radical (unpaired) electrons. The molecule has 0 spiro atoms. The van der Waals surface area contributed by atoms with Crippen LogP contribution in [0.4, 0.5) is 0 Å². The van der Waals surface area contributed by atoms with Gasteiger partial charge in [0.1, 0.15) is 12.4 Å². The molecule has 3 nitrogen and oxygen atoms in total. The lowest BCUT2D eigenvalue weighted by Gasteiger charge is -2.37. The van der Waals surface area contributed by atoms with Crippen LogP contribution < -0.4 is 0 Å². The predicted molar refractivity (Wildman–Crippen MR) is 58.4 cm³/mol. The van der Waals surface area contributed by atoms with Gasteiger partial charge in [-0.2, -0.15) is 5.26 Å². The molecule has 14 heavy (non-hydrogen) atoms. The first-order chi connectivity index (χ1) is 6.24. The Labute approximate surface area is 87.2 Å². The van der Waals surface area contributed by atoms with Crippen molar-refractivity contribution in [3.63, 3.8) is 0 Å². The van der Waals surface area contributed by atoms with E-state index >= 15 is 0 Å². The third-order valence-electron chi connectivity index (χ3n) is 2.70. The molecule has 0 aromatic rings. The molecule has 0 unspecified atom stereocenters. The number of hydrogen-bond donors (Lipinski definition) is 0. The number of carbonyl (C=O) groups is 1. The summed E-state index contributed by atoms with van der Waals surface area (Å²) in [5, 5.41) is 8.57. The third kappa shape index (κ3) is 3.60. The Morgan fingerprint density at radius 2 is 2.00 bits per heavy atom. The minimum absolute atomic E-state index is 0.0731. The highest BCUT2D eigenvalue weighted by molar-refractivity contribution is 6.74. The molecule has 0 N–H and O–H groups in total. The Hall–Kier alpha value is -0.663. The average molecular weight is 213 g/mol. The topological polar surface area (TPSA) is 50.1 Å². The molecule has 0 aromatic carbocycles. The van der Waals surface area contributed by atoms with Crippen molar-refractivity contribution in [2.45, 2.75) is 51.4 Å². The SMILES string of the molecule is CC(C)(C)[Si](C)(C)O[C@H](C=O)CC#N. The molecule has 0 saturated carbocycles. The molecule has 0 heterocycles. The second-order valence-corrected chi connectivity index (χ2v) is 9.67. The Kier molecular flexibility index (Phi) is 4.49. The lowest BCUT2D eigenvalue weighted by molar-refractivity contribution is -0.114. The van der Waals surface area contributed by atoms with Crippen molar-refractivity contribution in [1.29, 1.82) is 5.26 Å². The van der Waals surface area contributed by atoms with Gasteiger partial charge in [-0.3, -0.25) is 0 Å². The number of aldehydes is 1. The highest BCUT2D eigenvalue weighted by Crippen LogP contribution is 2.37. The Morgan fingerprint density at radius 1 is 1.50 bits per heavy atom. The monoisotopic (exact) mass is 213 g/mol. The summed E-state index contributed by atoms with van der Waals surface area (Å²) >= 11 is 0. The van der Waals surface area contributed by atoms with Crippen LogP contribution in [0, 0.1) is 11.3 Å². The lowest BCUT2D eigenvalue weighted by Crippen LogP contribution is -2.44. The maximum Gasteiger partial charge on any atom is 0.193 e. The molecule has 0 aliphatic rings. The minimum atomic E-state index is -1.91. The summed E-state index contributed by atoms with van der Waals surface area (Å²) in [6.07, 6.45) is 0.320. The van der Waals surface area contributed by atoms with Gasteiger partial charge in [0.25, 0.3) is 0 Å². The fraction of sp³-hybridized carbons (Fsp3) is 0.800. The van der Waals surface area contributed by atoms with Gasteiger partial charge in [-0.15, -0.1) is 0 Å². The van der Waals surface area contributed by atoms with E-state index in [4.69, 9.17) is 9.69 Å². The van der Waals surface area contributed by atoms with Crippen LogP contribution in [0.3, 0.4) is 0 Å². The quantitative estimate of drug-likeness (QED) is 0.532. The molecule has 0 bridgehead atoms. The van der Waals surface area contributed by atoms with Crippen LogP contribution in [0.15, 0.2) is 0 Å². The standard InChI is InChI=1S/C10H19NO2Si/c1-10(2,3)14(4,5)13-9(8-12)6-7-11/h8-9H,6H2,1-5H3/t9-/m0/s1. The Bertz CT molecular complexity index is 237. The summed E-state index contributed by atoms with van der Waals surface area (Å²) in [6, 6.07) is 1.96. The number of rotatable bonds is 4. The van der Waals surface area contributed by atoms with Crippen molar-refractivity contribution in [2.75, 3.05) is 0 Å². The zero-order valence-corrected chi connectivity index (χ0v) is 10.6. The van der Waals surface area contributed by atoms with Gasteiger partial charge < -0.3 is 9.22 Å². The predicted octanol–water partition coefficient (Wildman–Crippen LogP) is 2.49. The van der Waals surface area contributed by atoms with Gasteiger partial charge in [0.05, 0.1) is 12.5 Å². The molecule has 0 amide bonds. The third-order valence-corrected chi connectivity index (χ3v) is 7.20. The average Bonchev–Trinajstić information content (AvgIpc) is 2.01.